The van der Waals surface area contributed by atoms with Gasteiger partial charge in [-0.2, -0.15) is 0 Å². The van der Waals surface area contributed by atoms with Gasteiger partial charge in [-0.3, -0.25) is 13.9 Å². The molecular weight excluding hydrogens is 522 g/mol. The number of amides is 2. The Morgan fingerprint density at radius 1 is 0.921 bits per heavy atom. The summed E-state index contributed by atoms with van der Waals surface area (Å²) in [5.41, 5.74) is 1.92. The quantitative estimate of drug-likeness (QED) is 0.353. The first-order chi connectivity index (χ1) is 18.0. The van der Waals surface area contributed by atoms with Crippen LogP contribution in [0.5, 0.6) is 0 Å². The van der Waals surface area contributed by atoms with Crippen molar-refractivity contribution in [3.05, 3.63) is 95.0 Å². The average molecular weight is 556 g/mol. The lowest BCUT2D eigenvalue weighted by Gasteiger charge is -2.33. The summed E-state index contributed by atoms with van der Waals surface area (Å²) < 4.78 is 28.7. The van der Waals surface area contributed by atoms with Gasteiger partial charge < -0.3 is 10.2 Å². The summed E-state index contributed by atoms with van der Waals surface area (Å²) >= 11 is 6.41. The third-order valence-corrected chi connectivity index (χ3v) is 8.20. The van der Waals surface area contributed by atoms with E-state index in [1.165, 1.54) is 17.0 Å². The number of hydrogen-bond acceptors (Lipinski definition) is 4. The Morgan fingerprint density at radius 2 is 1.53 bits per heavy atom. The van der Waals surface area contributed by atoms with Crippen LogP contribution in [-0.2, 0) is 26.2 Å². The summed E-state index contributed by atoms with van der Waals surface area (Å²) in [5, 5.41) is 3.33. The van der Waals surface area contributed by atoms with Gasteiger partial charge in [-0.15, -0.1) is 0 Å². The summed E-state index contributed by atoms with van der Waals surface area (Å²) in [4.78, 5) is 28.6. The second-order valence-electron chi connectivity index (χ2n) is 9.36. The number of anilines is 1. The monoisotopic (exact) mass is 555 g/mol. The van der Waals surface area contributed by atoms with E-state index in [0.717, 1.165) is 9.87 Å². The van der Waals surface area contributed by atoms with Gasteiger partial charge in [0.05, 0.1) is 10.6 Å². The predicted octanol–water partition coefficient (Wildman–Crippen LogP) is 5.18. The van der Waals surface area contributed by atoms with Crippen molar-refractivity contribution in [1.29, 1.82) is 0 Å². The zero-order valence-electron chi connectivity index (χ0n) is 22.1. The Balaban J connectivity index is 2.05. The van der Waals surface area contributed by atoms with E-state index in [0.29, 0.717) is 22.7 Å². The van der Waals surface area contributed by atoms with Crippen molar-refractivity contribution in [2.45, 2.75) is 57.6 Å². The molecule has 38 heavy (non-hydrogen) atoms. The Hall–Kier alpha value is -3.36. The van der Waals surface area contributed by atoms with Gasteiger partial charge in [0.25, 0.3) is 10.0 Å². The van der Waals surface area contributed by atoms with E-state index in [1.54, 1.807) is 66.7 Å². The van der Waals surface area contributed by atoms with Crippen LogP contribution < -0.4 is 9.62 Å². The summed E-state index contributed by atoms with van der Waals surface area (Å²) in [6.07, 6.45) is 0.338. The van der Waals surface area contributed by atoms with Crippen molar-refractivity contribution in [2.24, 2.45) is 0 Å². The topological polar surface area (TPSA) is 86.8 Å². The molecule has 3 aromatic rings. The van der Waals surface area contributed by atoms with E-state index < -0.39 is 28.5 Å². The van der Waals surface area contributed by atoms with E-state index in [9.17, 15) is 18.0 Å². The summed E-state index contributed by atoms with van der Waals surface area (Å²) in [6.45, 7) is 6.93. The molecule has 9 heteroatoms. The van der Waals surface area contributed by atoms with Crippen molar-refractivity contribution in [2.75, 3.05) is 10.8 Å². The minimum atomic E-state index is -4.09. The smallest absolute Gasteiger partial charge is 0.264 e. The molecule has 0 aliphatic rings. The molecule has 202 valence electrons. The highest BCUT2D eigenvalue weighted by Gasteiger charge is 2.34. The molecule has 7 nitrogen and oxygen atoms in total. The first-order valence-corrected chi connectivity index (χ1v) is 14.3. The lowest BCUT2D eigenvalue weighted by atomic mass is 10.1. The molecule has 3 rings (SSSR count). The van der Waals surface area contributed by atoms with Gasteiger partial charge in [0.2, 0.25) is 11.8 Å². The minimum Gasteiger partial charge on any atom is -0.352 e. The highest BCUT2D eigenvalue weighted by molar-refractivity contribution is 7.92. The molecule has 0 saturated carbocycles. The van der Waals surface area contributed by atoms with Crippen molar-refractivity contribution in [1.82, 2.24) is 10.2 Å². The highest BCUT2D eigenvalue weighted by atomic mass is 35.5. The van der Waals surface area contributed by atoms with E-state index in [4.69, 9.17) is 11.6 Å². The molecule has 3 aromatic carbocycles. The van der Waals surface area contributed by atoms with Crippen LogP contribution in [0, 0.1) is 6.92 Å². The SMILES string of the molecule is CCC(C(=O)NC(C)C)N(Cc1ccccc1Cl)C(=O)CN(c1ccccc1)S(=O)(=O)c1ccc(C)cc1. The van der Waals surface area contributed by atoms with Crippen LogP contribution in [0.4, 0.5) is 5.69 Å². The standard InChI is InChI=1S/C29H34ClN3O4S/c1-5-27(29(35)31-21(2)3)32(19-23-11-9-10-14-26(23)30)28(34)20-33(24-12-7-6-8-13-24)38(36,37)25-17-15-22(4)16-18-25/h6-18,21,27H,5,19-20H2,1-4H3,(H,31,35). The van der Waals surface area contributed by atoms with Gasteiger partial charge in [0, 0.05) is 17.6 Å². The molecule has 0 spiro atoms. The van der Waals surface area contributed by atoms with Gasteiger partial charge in [0.15, 0.2) is 0 Å². The van der Waals surface area contributed by atoms with Crippen LogP contribution in [0.1, 0.15) is 38.3 Å². The molecule has 0 fully saturated rings. The van der Waals surface area contributed by atoms with Crippen LogP contribution in [-0.4, -0.2) is 43.8 Å². The first-order valence-electron chi connectivity index (χ1n) is 12.5. The molecule has 0 saturated heterocycles. The Kier molecular flexibility index (Phi) is 9.94. The van der Waals surface area contributed by atoms with Gasteiger partial charge in [-0.05, 0) is 63.1 Å². The molecular formula is C29H34ClN3O4S. The maximum absolute atomic E-state index is 14.0. The number of carbonyl (C=O) groups is 2. The minimum absolute atomic E-state index is 0.0513. The number of sulfonamides is 1. The van der Waals surface area contributed by atoms with E-state index >= 15 is 0 Å². The van der Waals surface area contributed by atoms with Gasteiger partial charge >= 0.3 is 0 Å². The molecule has 1 unspecified atom stereocenters. The van der Waals surface area contributed by atoms with Crippen LogP contribution in [0.25, 0.3) is 0 Å². The van der Waals surface area contributed by atoms with E-state index in [1.807, 2.05) is 27.7 Å². The number of rotatable bonds is 11. The van der Waals surface area contributed by atoms with Crippen LogP contribution in [0.2, 0.25) is 5.02 Å². The zero-order valence-corrected chi connectivity index (χ0v) is 23.7. The summed E-state index contributed by atoms with van der Waals surface area (Å²) in [6, 6.07) is 21.1. The lowest BCUT2D eigenvalue weighted by molar-refractivity contribution is -0.140. The van der Waals surface area contributed by atoms with Crippen molar-refractivity contribution in [3.8, 4) is 0 Å². The second-order valence-corrected chi connectivity index (χ2v) is 11.6. The van der Waals surface area contributed by atoms with Crippen molar-refractivity contribution < 1.29 is 18.0 Å². The fourth-order valence-electron chi connectivity index (χ4n) is 4.07. The fourth-order valence-corrected chi connectivity index (χ4v) is 5.68. The number of nitrogens with zero attached hydrogens (tertiary/aromatic N) is 2. The van der Waals surface area contributed by atoms with Gasteiger partial charge in [-0.25, -0.2) is 8.42 Å². The number of carbonyl (C=O) groups excluding carboxylic acids is 2. The van der Waals surface area contributed by atoms with Crippen molar-refractivity contribution >= 4 is 39.1 Å². The van der Waals surface area contributed by atoms with Crippen LogP contribution in [0.15, 0.2) is 83.8 Å². The zero-order chi connectivity index (χ0) is 27.9. The fraction of sp³-hybridized carbons (Fsp3) is 0.310. The van der Waals surface area contributed by atoms with Crippen LogP contribution in [0.3, 0.4) is 0 Å². The Morgan fingerprint density at radius 3 is 2.11 bits per heavy atom. The first kappa shape index (κ1) is 29.2. The average Bonchev–Trinajstić information content (AvgIpc) is 2.88. The number of benzene rings is 3. The van der Waals surface area contributed by atoms with Crippen molar-refractivity contribution in [3.63, 3.8) is 0 Å². The van der Waals surface area contributed by atoms with Gasteiger partial charge in [-0.1, -0.05) is 72.6 Å². The maximum atomic E-state index is 14.0. The number of hydrogen-bond donors (Lipinski definition) is 1. The van der Waals surface area contributed by atoms with E-state index in [2.05, 4.69) is 5.32 Å². The molecule has 0 aliphatic heterocycles. The molecule has 0 aromatic heterocycles. The second kappa shape index (κ2) is 12.9. The predicted molar refractivity (Wildman–Crippen MR) is 152 cm³/mol. The Bertz CT molecular complexity index is 1350. The number of para-hydroxylation sites is 1. The third-order valence-electron chi connectivity index (χ3n) is 6.05. The normalized spacial score (nSPS) is 12.2. The summed E-state index contributed by atoms with van der Waals surface area (Å²) in [7, 11) is -4.09. The lowest BCUT2D eigenvalue weighted by Crippen LogP contribution is -2.53. The van der Waals surface area contributed by atoms with Crippen LogP contribution >= 0.6 is 11.6 Å². The third kappa shape index (κ3) is 7.14. The largest absolute Gasteiger partial charge is 0.352 e. The Labute approximate surface area is 230 Å². The molecule has 0 radical (unpaired) electrons. The molecule has 0 aliphatic carbocycles. The molecule has 2 amide bonds. The van der Waals surface area contributed by atoms with Gasteiger partial charge in [0.1, 0.15) is 12.6 Å². The van der Waals surface area contributed by atoms with E-state index in [-0.39, 0.29) is 23.4 Å². The molecule has 1 atom stereocenters. The highest BCUT2D eigenvalue weighted by Crippen LogP contribution is 2.26. The summed E-state index contributed by atoms with van der Waals surface area (Å²) in [5.74, 6) is -0.828. The number of aryl methyl sites for hydroxylation is 1. The molecule has 0 bridgehead atoms. The number of nitrogens with one attached hydrogen (secondary N) is 1. The maximum Gasteiger partial charge on any atom is 0.264 e. The molecule has 1 N–H and O–H groups in total. The molecule has 0 heterocycles. The number of halogens is 1.